The Kier molecular flexibility index (Phi) is 4.97. The van der Waals surface area contributed by atoms with Crippen LogP contribution in [0.5, 0.6) is 0 Å². The lowest BCUT2D eigenvalue weighted by molar-refractivity contribution is -0.953. The number of benzene rings is 1. The number of hydrogen-bond acceptors (Lipinski definition) is 2. The molecule has 1 N–H and O–H groups in total. The van der Waals surface area contributed by atoms with E-state index >= 15 is 0 Å². The highest BCUT2D eigenvalue weighted by Crippen LogP contribution is 2.16. The maximum absolute atomic E-state index is 5.69. The largest absolute Gasteiger partial charge is 0.314 e. The number of rotatable bonds is 4. The maximum Gasteiger partial charge on any atom is 0.207 e. The Morgan fingerprint density at radius 3 is 2.87 bits per heavy atom. The Hall–Kier alpha value is -1.46. The highest BCUT2D eigenvalue weighted by atomic mass is 32.1. The van der Waals surface area contributed by atoms with E-state index in [9.17, 15) is 0 Å². The van der Waals surface area contributed by atoms with Gasteiger partial charge in [0.1, 0.15) is 6.33 Å². The highest BCUT2D eigenvalue weighted by Gasteiger charge is 2.25. The minimum absolute atomic E-state index is 0.747. The molecular formula is C18H27N4S+. The molecule has 1 aliphatic rings. The number of piperidine rings is 1. The quantitative estimate of drug-likeness (QED) is 0.872. The molecule has 1 unspecified atom stereocenters. The van der Waals surface area contributed by atoms with E-state index in [1.165, 1.54) is 43.4 Å². The summed E-state index contributed by atoms with van der Waals surface area (Å²) in [5, 5.41) is 4.57. The van der Waals surface area contributed by atoms with Gasteiger partial charge in [-0.2, -0.15) is 9.78 Å². The van der Waals surface area contributed by atoms with Crippen LogP contribution >= 0.6 is 12.2 Å². The van der Waals surface area contributed by atoms with E-state index < -0.39 is 0 Å². The van der Waals surface area contributed by atoms with Crippen LogP contribution in [0.4, 0.5) is 0 Å². The van der Waals surface area contributed by atoms with Gasteiger partial charge >= 0.3 is 0 Å². The number of quaternary nitrogens is 1. The molecule has 0 bridgehead atoms. The number of aromatic nitrogens is 3. The third kappa shape index (κ3) is 3.40. The molecule has 5 heteroatoms. The molecule has 23 heavy (non-hydrogen) atoms. The van der Waals surface area contributed by atoms with Gasteiger partial charge in [-0.05, 0) is 63.4 Å². The number of nitrogens with one attached hydrogen (secondary N) is 1. The Labute approximate surface area is 143 Å². The zero-order valence-corrected chi connectivity index (χ0v) is 15.2. The van der Waals surface area contributed by atoms with Crippen LogP contribution in [0.2, 0.25) is 0 Å². The molecule has 4 nitrogen and oxygen atoms in total. The lowest BCUT2D eigenvalue weighted by atomic mass is 10.0. The first-order valence-electron chi connectivity index (χ1n) is 8.66. The van der Waals surface area contributed by atoms with Gasteiger partial charge in [0, 0.05) is 0 Å². The van der Waals surface area contributed by atoms with Crippen molar-refractivity contribution in [2.45, 2.75) is 59.2 Å². The summed E-state index contributed by atoms with van der Waals surface area (Å²) in [6.45, 7) is 8.66. The zero-order chi connectivity index (χ0) is 16.4. The van der Waals surface area contributed by atoms with Crippen molar-refractivity contribution in [2.24, 2.45) is 0 Å². The monoisotopic (exact) mass is 331 g/mol. The van der Waals surface area contributed by atoms with Crippen LogP contribution in [0, 0.1) is 18.6 Å². The standard InChI is InChI=1S/C18H26N4S/c1-4-16-7-5-6-10-20(16)13-22-18(23)21(12-19-22)17-9-8-14(2)11-15(17)3/h8-9,11-12,16H,4-7,10,13H2,1-3H3/p+1/t16-/m1/s1. The average Bonchev–Trinajstić information content (AvgIpc) is 2.89. The summed E-state index contributed by atoms with van der Waals surface area (Å²) in [5.41, 5.74) is 3.64. The van der Waals surface area contributed by atoms with Crippen LogP contribution in [0.1, 0.15) is 43.7 Å². The molecule has 1 aromatic heterocycles. The van der Waals surface area contributed by atoms with Gasteiger partial charge in [-0.3, -0.25) is 4.57 Å². The summed E-state index contributed by atoms with van der Waals surface area (Å²) in [6, 6.07) is 7.20. The molecule has 3 rings (SSSR count). The molecule has 2 aromatic rings. The molecular weight excluding hydrogens is 304 g/mol. The van der Waals surface area contributed by atoms with E-state index in [-0.39, 0.29) is 0 Å². The van der Waals surface area contributed by atoms with Crippen molar-refractivity contribution >= 4 is 12.2 Å². The van der Waals surface area contributed by atoms with Gasteiger partial charge in [0.15, 0.2) is 6.67 Å². The zero-order valence-electron chi connectivity index (χ0n) is 14.4. The fourth-order valence-electron chi connectivity index (χ4n) is 3.73. The SMILES string of the molecule is CC[C@@H]1CCCC[NH+]1Cn1ncn(-c2ccc(C)cc2C)c1=S. The Bertz CT molecular complexity index is 731. The van der Waals surface area contributed by atoms with Crippen molar-refractivity contribution in [1.82, 2.24) is 14.3 Å². The van der Waals surface area contributed by atoms with Crippen molar-refractivity contribution in [3.63, 3.8) is 0 Å². The number of aryl methyl sites for hydroxylation is 2. The van der Waals surface area contributed by atoms with E-state index in [2.05, 4.69) is 44.1 Å². The number of likely N-dealkylation sites (tertiary alicyclic amines) is 1. The lowest BCUT2D eigenvalue weighted by Crippen LogP contribution is -3.15. The predicted molar refractivity (Wildman–Crippen MR) is 95.6 cm³/mol. The van der Waals surface area contributed by atoms with Crippen LogP contribution < -0.4 is 4.90 Å². The summed E-state index contributed by atoms with van der Waals surface area (Å²) in [7, 11) is 0. The molecule has 0 aliphatic carbocycles. The summed E-state index contributed by atoms with van der Waals surface area (Å²) in [4.78, 5) is 1.63. The fraction of sp³-hybridized carbons (Fsp3) is 0.556. The minimum atomic E-state index is 0.747. The molecule has 0 saturated carbocycles. The summed E-state index contributed by atoms with van der Waals surface area (Å²) in [6.07, 6.45) is 7.11. The summed E-state index contributed by atoms with van der Waals surface area (Å²) >= 11 is 5.69. The first-order valence-corrected chi connectivity index (χ1v) is 9.07. The molecule has 1 aromatic carbocycles. The second-order valence-corrected chi connectivity index (χ2v) is 7.11. The molecule has 2 atom stereocenters. The topological polar surface area (TPSA) is 27.2 Å². The van der Waals surface area contributed by atoms with Gasteiger partial charge < -0.3 is 4.90 Å². The van der Waals surface area contributed by atoms with Gasteiger partial charge in [-0.25, -0.2) is 0 Å². The third-order valence-corrected chi connectivity index (χ3v) is 5.48. The van der Waals surface area contributed by atoms with Crippen LogP contribution in [-0.4, -0.2) is 26.9 Å². The average molecular weight is 332 g/mol. The Balaban J connectivity index is 1.86. The molecule has 1 saturated heterocycles. The number of nitrogens with zero attached hydrogens (tertiary/aromatic N) is 3. The second-order valence-electron chi connectivity index (χ2n) is 6.74. The maximum atomic E-state index is 5.69. The van der Waals surface area contributed by atoms with Crippen LogP contribution in [0.25, 0.3) is 5.69 Å². The molecule has 0 radical (unpaired) electrons. The molecule has 1 fully saturated rings. The fourth-order valence-corrected chi connectivity index (χ4v) is 3.99. The summed E-state index contributed by atoms with van der Waals surface area (Å²) in [5.74, 6) is 0. The molecule has 124 valence electrons. The van der Waals surface area contributed by atoms with E-state index in [4.69, 9.17) is 12.2 Å². The van der Waals surface area contributed by atoms with Crippen molar-refractivity contribution < 1.29 is 4.90 Å². The third-order valence-electron chi connectivity index (χ3n) is 5.07. The van der Waals surface area contributed by atoms with Gasteiger partial charge in [0.2, 0.25) is 4.77 Å². The molecule has 0 amide bonds. The highest BCUT2D eigenvalue weighted by molar-refractivity contribution is 7.71. The predicted octanol–water partition coefficient (Wildman–Crippen LogP) is 2.83. The van der Waals surface area contributed by atoms with Crippen molar-refractivity contribution in [3.05, 3.63) is 40.4 Å². The molecule has 1 aliphatic heterocycles. The van der Waals surface area contributed by atoms with E-state index in [1.807, 2.05) is 15.6 Å². The van der Waals surface area contributed by atoms with Crippen LogP contribution in [0.3, 0.4) is 0 Å². The van der Waals surface area contributed by atoms with Crippen molar-refractivity contribution in [3.8, 4) is 5.69 Å². The minimum Gasteiger partial charge on any atom is -0.314 e. The Morgan fingerprint density at radius 1 is 1.30 bits per heavy atom. The van der Waals surface area contributed by atoms with Gasteiger partial charge in [-0.1, -0.05) is 24.6 Å². The number of hydrogen-bond donors (Lipinski definition) is 1. The molecule has 0 spiro atoms. The van der Waals surface area contributed by atoms with Crippen LogP contribution in [-0.2, 0) is 6.67 Å². The first kappa shape index (κ1) is 16.4. The van der Waals surface area contributed by atoms with Crippen molar-refractivity contribution in [1.29, 1.82) is 0 Å². The van der Waals surface area contributed by atoms with E-state index in [1.54, 1.807) is 4.90 Å². The van der Waals surface area contributed by atoms with Gasteiger partial charge in [0.25, 0.3) is 0 Å². The first-order chi connectivity index (χ1) is 11.1. The van der Waals surface area contributed by atoms with E-state index in [0.717, 1.165) is 23.2 Å². The second kappa shape index (κ2) is 6.97. The summed E-state index contributed by atoms with van der Waals surface area (Å²) < 4.78 is 4.83. The smallest absolute Gasteiger partial charge is 0.207 e. The normalized spacial score (nSPS) is 21.5. The lowest BCUT2D eigenvalue weighted by Gasteiger charge is -2.31. The Morgan fingerprint density at radius 2 is 2.13 bits per heavy atom. The van der Waals surface area contributed by atoms with E-state index in [0.29, 0.717) is 0 Å². The van der Waals surface area contributed by atoms with Gasteiger partial charge in [0.05, 0.1) is 18.3 Å². The van der Waals surface area contributed by atoms with Gasteiger partial charge in [-0.15, -0.1) is 0 Å². The molecule has 2 heterocycles. The van der Waals surface area contributed by atoms with Crippen molar-refractivity contribution in [2.75, 3.05) is 6.54 Å². The van der Waals surface area contributed by atoms with Crippen LogP contribution in [0.15, 0.2) is 24.5 Å².